The first-order valence-electron chi connectivity index (χ1n) is 5.34. The van der Waals surface area contributed by atoms with E-state index >= 15 is 0 Å². The fourth-order valence-electron chi connectivity index (χ4n) is 1.46. The van der Waals surface area contributed by atoms with Crippen LogP contribution in [0.3, 0.4) is 0 Å². The number of nitrogens with zero attached hydrogens (tertiary/aromatic N) is 1. The molecule has 0 aromatic heterocycles. The van der Waals surface area contributed by atoms with Crippen molar-refractivity contribution in [3.63, 3.8) is 0 Å². The summed E-state index contributed by atoms with van der Waals surface area (Å²) in [5.41, 5.74) is 0.0745. The number of benzene rings is 1. The Morgan fingerprint density at radius 1 is 1.53 bits per heavy atom. The monoisotopic (exact) mass is 303 g/mol. The molecule has 1 aromatic rings. The lowest BCUT2D eigenvalue weighted by atomic mass is 10.2. The van der Waals surface area contributed by atoms with Crippen LogP contribution in [0.1, 0.15) is 17.3 Å². The van der Waals surface area contributed by atoms with Crippen molar-refractivity contribution in [2.75, 3.05) is 26.8 Å². The Morgan fingerprint density at radius 2 is 2.24 bits per heavy atom. The molecule has 3 nitrogen and oxygen atoms in total. The van der Waals surface area contributed by atoms with Crippen LogP contribution in [-0.2, 0) is 4.74 Å². The maximum atomic E-state index is 13.6. The Morgan fingerprint density at radius 3 is 2.76 bits per heavy atom. The maximum Gasteiger partial charge on any atom is 0.258 e. The molecule has 5 heteroatoms. The molecule has 1 aromatic carbocycles. The molecule has 0 saturated carbocycles. The Kier molecular flexibility index (Phi) is 5.58. The summed E-state index contributed by atoms with van der Waals surface area (Å²) in [5, 5.41) is 0. The van der Waals surface area contributed by atoms with Crippen LogP contribution in [0.25, 0.3) is 0 Å². The van der Waals surface area contributed by atoms with Crippen LogP contribution >= 0.6 is 15.9 Å². The first-order chi connectivity index (χ1) is 8.11. The second-order valence-corrected chi connectivity index (χ2v) is 4.33. The average Bonchev–Trinajstić information content (AvgIpc) is 2.30. The molecule has 0 atom stereocenters. The highest BCUT2D eigenvalue weighted by Crippen LogP contribution is 2.21. The summed E-state index contributed by atoms with van der Waals surface area (Å²) in [6.07, 6.45) is 0. The molecule has 0 aliphatic carbocycles. The zero-order valence-corrected chi connectivity index (χ0v) is 11.5. The van der Waals surface area contributed by atoms with Gasteiger partial charge in [0.1, 0.15) is 5.82 Å². The number of hydrogen-bond donors (Lipinski definition) is 0. The molecule has 0 aliphatic heterocycles. The minimum Gasteiger partial charge on any atom is -0.383 e. The number of amides is 1. The van der Waals surface area contributed by atoms with E-state index in [9.17, 15) is 9.18 Å². The number of carbonyl (C=O) groups excluding carboxylic acids is 1. The SMILES string of the molecule is CCN(CCOC)C(=O)c1c(F)cccc1Br. The van der Waals surface area contributed by atoms with Crippen molar-refractivity contribution in [2.24, 2.45) is 0 Å². The van der Waals surface area contributed by atoms with Gasteiger partial charge in [-0.3, -0.25) is 4.79 Å². The van der Waals surface area contributed by atoms with Gasteiger partial charge in [0.15, 0.2) is 0 Å². The van der Waals surface area contributed by atoms with Crippen molar-refractivity contribution < 1.29 is 13.9 Å². The first kappa shape index (κ1) is 14.1. The molecule has 94 valence electrons. The number of ether oxygens (including phenoxy) is 1. The van der Waals surface area contributed by atoms with Crippen LogP contribution in [0, 0.1) is 5.82 Å². The molecule has 0 aliphatic rings. The van der Waals surface area contributed by atoms with Crippen LogP contribution in [-0.4, -0.2) is 37.6 Å². The van der Waals surface area contributed by atoms with Crippen molar-refractivity contribution in [3.8, 4) is 0 Å². The maximum absolute atomic E-state index is 13.6. The molecule has 17 heavy (non-hydrogen) atoms. The molecule has 0 saturated heterocycles. The zero-order valence-electron chi connectivity index (χ0n) is 9.87. The molecular formula is C12H15BrFNO2. The van der Waals surface area contributed by atoms with E-state index in [4.69, 9.17) is 4.74 Å². The highest BCUT2D eigenvalue weighted by atomic mass is 79.9. The van der Waals surface area contributed by atoms with Crippen LogP contribution in [0.15, 0.2) is 22.7 Å². The minimum atomic E-state index is -0.514. The van der Waals surface area contributed by atoms with Crippen molar-refractivity contribution in [2.45, 2.75) is 6.92 Å². The van der Waals surface area contributed by atoms with Crippen molar-refractivity contribution in [1.82, 2.24) is 4.90 Å². The smallest absolute Gasteiger partial charge is 0.258 e. The van der Waals surface area contributed by atoms with Crippen LogP contribution in [0.5, 0.6) is 0 Å². The number of carbonyl (C=O) groups is 1. The molecule has 0 unspecified atom stereocenters. The van der Waals surface area contributed by atoms with E-state index in [1.54, 1.807) is 24.1 Å². The number of likely N-dealkylation sites (N-methyl/N-ethyl adjacent to an activating group) is 1. The molecule has 0 fully saturated rings. The Labute approximate surface area is 109 Å². The molecule has 1 amide bonds. The predicted octanol–water partition coefficient (Wildman–Crippen LogP) is 2.70. The van der Waals surface area contributed by atoms with Crippen molar-refractivity contribution >= 4 is 21.8 Å². The van der Waals surface area contributed by atoms with Gasteiger partial charge in [0.25, 0.3) is 5.91 Å². The highest BCUT2D eigenvalue weighted by Gasteiger charge is 2.20. The summed E-state index contributed by atoms with van der Waals surface area (Å²) in [7, 11) is 1.57. The quantitative estimate of drug-likeness (QED) is 0.837. The molecule has 1 rings (SSSR count). The summed E-state index contributed by atoms with van der Waals surface area (Å²) in [5.74, 6) is -0.838. The van der Waals surface area contributed by atoms with Gasteiger partial charge in [-0.05, 0) is 35.0 Å². The number of rotatable bonds is 5. The largest absolute Gasteiger partial charge is 0.383 e. The van der Waals surface area contributed by atoms with Crippen LogP contribution in [0.4, 0.5) is 4.39 Å². The third-order valence-electron chi connectivity index (χ3n) is 2.41. The van der Waals surface area contributed by atoms with Crippen molar-refractivity contribution in [1.29, 1.82) is 0 Å². The van der Waals surface area contributed by atoms with E-state index in [0.29, 0.717) is 24.2 Å². The summed E-state index contributed by atoms with van der Waals surface area (Å²) in [4.78, 5) is 13.7. The van der Waals surface area contributed by atoms with Gasteiger partial charge in [-0.15, -0.1) is 0 Å². The Bertz CT molecular complexity index is 378. The Balaban J connectivity index is 2.93. The highest BCUT2D eigenvalue weighted by molar-refractivity contribution is 9.10. The third-order valence-corrected chi connectivity index (χ3v) is 3.07. The molecule has 0 bridgehead atoms. The van der Waals surface area contributed by atoms with Gasteiger partial charge >= 0.3 is 0 Å². The van der Waals surface area contributed by atoms with Gasteiger partial charge in [0.05, 0.1) is 12.2 Å². The first-order valence-corrected chi connectivity index (χ1v) is 6.13. The standard InChI is InChI=1S/C12H15BrFNO2/c1-3-15(7-8-17-2)12(16)11-9(13)5-4-6-10(11)14/h4-6H,3,7-8H2,1-2H3. The lowest BCUT2D eigenvalue weighted by Gasteiger charge is -2.21. The summed E-state index contributed by atoms with van der Waals surface area (Å²) in [6.45, 7) is 3.25. The summed E-state index contributed by atoms with van der Waals surface area (Å²) >= 11 is 3.19. The lowest BCUT2D eigenvalue weighted by Crippen LogP contribution is -2.34. The molecular weight excluding hydrogens is 289 g/mol. The third kappa shape index (κ3) is 3.51. The van der Waals surface area contributed by atoms with E-state index in [-0.39, 0.29) is 11.5 Å². The van der Waals surface area contributed by atoms with Crippen molar-refractivity contribution in [3.05, 3.63) is 34.1 Å². The zero-order chi connectivity index (χ0) is 12.8. The van der Waals surface area contributed by atoms with E-state index in [2.05, 4.69) is 15.9 Å². The second kappa shape index (κ2) is 6.71. The molecule has 0 radical (unpaired) electrons. The molecule has 0 spiro atoms. The predicted molar refractivity (Wildman–Crippen MR) is 67.6 cm³/mol. The summed E-state index contributed by atoms with van der Waals surface area (Å²) < 4.78 is 19.0. The van der Waals surface area contributed by atoms with Gasteiger partial charge in [-0.2, -0.15) is 0 Å². The number of hydrogen-bond acceptors (Lipinski definition) is 2. The topological polar surface area (TPSA) is 29.5 Å². The van der Waals surface area contributed by atoms with Crippen LogP contribution in [0.2, 0.25) is 0 Å². The minimum absolute atomic E-state index is 0.0745. The average molecular weight is 304 g/mol. The van der Waals surface area contributed by atoms with Gasteiger partial charge < -0.3 is 9.64 Å². The molecule has 0 heterocycles. The second-order valence-electron chi connectivity index (χ2n) is 3.47. The normalized spacial score (nSPS) is 10.4. The fraction of sp³-hybridized carbons (Fsp3) is 0.417. The van der Waals surface area contributed by atoms with E-state index in [1.807, 2.05) is 6.92 Å². The van der Waals surface area contributed by atoms with E-state index in [1.165, 1.54) is 6.07 Å². The lowest BCUT2D eigenvalue weighted by molar-refractivity contribution is 0.0701. The van der Waals surface area contributed by atoms with Gasteiger partial charge in [-0.1, -0.05) is 6.07 Å². The fourth-order valence-corrected chi connectivity index (χ4v) is 1.98. The number of methoxy groups -OCH3 is 1. The van der Waals surface area contributed by atoms with Gasteiger partial charge in [-0.25, -0.2) is 4.39 Å². The molecule has 0 N–H and O–H groups in total. The van der Waals surface area contributed by atoms with Gasteiger partial charge in [0, 0.05) is 24.7 Å². The Hall–Kier alpha value is -0.940. The van der Waals surface area contributed by atoms with Gasteiger partial charge in [0.2, 0.25) is 0 Å². The van der Waals surface area contributed by atoms with Crippen LogP contribution < -0.4 is 0 Å². The summed E-state index contributed by atoms with van der Waals surface area (Å²) in [6, 6.07) is 4.49. The van der Waals surface area contributed by atoms with E-state index < -0.39 is 5.82 Å². The van der Waals surface area contributed by atoms with E-state index in [0.717, 1.165) is 0 Å². The number of halogens is 2.